The average molecular weight is 416 g/mol. The molecule has 5 heteroatoms. The molecule has 31 heavy (non-hydrogen) atoms. The lowest BCUT2D eigenvalue weighted by Crippen LogP contribution is -2.36. The minimum Gasteiger partial charge on any atom is -0.370 e. The Balaban J connectivity index is 1.39. The van der Waals surface area contributed by atoms with Gasteiger partial charge in [-0.25, -0.2) is 9.97 Å². The lowest BCUT2D eigenvalue weighted by Gasteiger charge is -2.33. The summed E-state index contributed by atoms with van der Waals surface area (Å²) in [4.78, 5) is 16.4. The van der Waals surface area contributed by atoms with E-state index < -0.39 is 0 Å². The fourth-order valence-corrected chi connectivity index (χ4v) is 4.24. The van der Waals surface area contributed by atoms with E-state index >= 15 is 0 Å². The molecule has 0 saturated carbocycles. The molecule has 162 valence electrons. The zero-order chi connectivity index (χ0) is 21.8. The van der Waals surface area contributed by atoms with Gasteiger partial charge in [0.05, 0.1) is 11.9 Å². The number of piperidine rings is 1. The van der Waals surface area contributed by atoms with Crippen molar-refractivity contribution in [3.8, 4) is 11.4 Å². The Hall–Kier alpha value is -2.95. The molecule has 0 unspecified atom stereocenters. The van der Waals surface area contributed by atoms with Crippen molar-refractivity contribution < 1.29 is 0 Å². The van der Waals surface area contributed by atoms with Crippen LogP contribution in [0.5, 0.6) is 0 Å². The molecule has 4 rings (SSSR count). The number of anilines is 2. The third-order valence-corrected chi connectivity index (χ3v) is 6.23. The summed E-state index contributed by atoms with van der Waals surface area (Å²) in [5, 5.41) is 3.62. The van der Waals surface area contributed by atoms with Gasteiger partial charge in [0.25, 0.3) is 0 Å². The number of aryl methyl sites for hydroxylation is 2. The van der Waals surface area contributed by atoms with Crippen LogP contribution in [0.15, 0.2) is 48.8 Å². The first kappa shape index (κ1) is 21.3. The molecular formula is C26H33N5. The second-order valence-electron chi connectivity index (χ2n) is 8.94. The molecule has 1 aliphatic rings. The van der Waals surface area contributed by atoms with Crippen LogP contribution in [-0.4, -0.2) is 34.6 Å². The zero-order valence-corrected chi connectivity index (χ0v) is 19.1. The van der Waals surface area contributed by atoms with Crippen LogP contribution in [0.1, 0.15) is 49.4 Å². The number of hydrogen-bond acceptors (Lipinski definition) is 5. The van der Waals surface area contributed by atoms with Gasteiger partial charge in [0.15, 0.2) is 5.82 Å². The van der Waals surface area contributed by atoms with Crippen LogP contribution in [0.2, 0.25) is 0 Å². The molecule has 0 atom stereocenters. The fraction of sp³-hybridized carbons (Fsp3) is 0.423. The van der Waals surface area contributed by atoms with Crippen molar-refractivity contribution in [1.29, 1.82) is 0 Å². The maximum atomic E-state index is 4.90. The maximum Gasteiger partial charge on any atom is 0.161 e. The predicted molar refractivity (Wildman–Crippen MR) is 129 cm³/mol. The molecule has 1 saturated heterocycles. The van der Waals surface area contributed by atoms with Crippen molar-refractivity contribution in [3.05, 3.63) is 65.6 Å². The first-order valence-corrected chi connectivity index (χ1v) is 11.4. The van der Waals surface area contributed by atoms with E-state index in [4.69, 9.17) is 4.98 Å². The molecule has 0 bridgehead atoms. The number of nitrogens with one attached hydrogen (secondary N) is 1. The molecule has 5 nitrogen and oxygen atoms in total. The van der Waals surface area contributed by atoms with E-state index in [9.17, 15) is 0 Å². The van der Waals surface area contributed by atoms with E-state index in [0.717, 1.165) is 48.1 Å². The highest BCUT2D eigenvalue weighted by Gasteiger charge is 2.20. The molecular weight excluding hydrogens is 382 g/mol. The molecule has 1 N–H and O–H groups in total. The summed E-state index contributed by atoms with van der Waals surface area (Å²) in [6.45, 7) is 11.6. The van der Waals surface area contributed by atoms with Crippen molar-refractivity contribution >= 4 is 11.5 Å². The summed E-state index contributed by atoms with van der Waals surface area (Å²) in [5.74, 6) is 2.84. The first-order valence-electron chi connectivity index (χ1n) is 11.4. The minimum absolute atomic E-state index is 0.437. The molecule has 0 radical (unpaired) electrons. The van der Waals surface area contributed by atoms with Crippen LogP contribution in [0.25, 0.3) is 11.4 Å². The van der Waals surface area contributed by atoms with Crippen molar-refractivity contribution in [3.63, 3.8) is 0 Å². The van der Waals surface area contributed by atoms with Gasteiger partial charge < -0.3 is 10.2 Å². The van der Waals surface area contributed by atoms with E-state index in [-0.39, 0.29) is 0 Å². The van der Waals surface area contributed by atoms with Gasteiger partial charge in [0, 0.05) is 42.7 Å². The van der Waals surface area contributed by atoms with Crippen LogP contribution in [0.4, 0.5) is 11.5 Å². The normalized spacial score (nSPS) is 14.8. The second kappa shape index (κ2) is 9.46. The highest BCUT2D eigenvalue weighted by atomic mass is 15.1. The van der Waals surface area contributed by atoms with Crippen LogP contribution in [0, 0.1) is 19.8 Å². The van der Waals surface area contributed by atoms with Gasteiger partial charge in [0.1, 0.15) is 5.82 Å². The molecule has 0 aliphatic carbocycles. The Labute approximate surface area is 186 Å². The first-order chi connectivity index (χ1) is 15.0. The highest BCUT2D eigenvalue weighted by Crippen LogP contribution is 2.28. The summed E-state index contributed by atoms with van der Waals surface area (Å²) in [5.41, 5.74) is 5.81. The van der Waals surface area contributed by atoms with Crippen molar-refractivity contribution in [1.82, 2.24) is 15.0 Å². The number of pyridine rings is 1. The summed E-state index contributed by atoms with van der Waals surface area (Å²) in [7, 11) is 0. The average Bonchev–Trinajstić information content (AvgIpc) is 2.79. The molecule has 0 amide bonds. The van der Waals surface area contributed by atoms with Gasteiger partial charge in [-0.05, 0) is 56.2 Å². The van der Waals surface area contributed by atoms with Gasteiger partial charge in [-0.1, -0.05) is 38.1 Å². The fourth-order valence-electron chi connectivity index (χ4n) is 4.24. The molecule has 0 spiro atoms. The smallest absolute Gasteiger partial charge is 0.161 e. The van der Waals surface area contributed by atoms with Crippen molar-refractivity contribution in [2.45, 2.75) is 46.5 Å². The Morgan fingerprint density at radius 3 is 2.48 bits per heavy atom. The van der Waals surface area contributed by atoms with Crippen molar-refractivity contribution in [2.24, 2.45) is 5.92 Å². The van der Waals surface area contributed by atoms with Gasteiger partial charge in [-0.15, -0.1) is 0 Å². The van der Waals surface area contributed by atoms with E-state index in [2.05, 4.69) is 77.4 Å². The SMILES string of the molecule is Cc1ccc(N2CCC(CNc3nc(-c4ccccc4C(C)C)ncc3C)CC2)cn1. The van der Waals surface area contributed by atoms with E-state index in [1.54, 1.807) is 0 Å². The molecule has 3 heterocycles. The molecule has 1 aromatic carbocycles. The van der Waals surface area contributed by atoms with Crippen molar-refractivity contribution in [2.75, 3.05) is 29.9 Å². The van der Waals surface area contributed by atoms with Crippen LogP contribution < -0.4 is 10.2 Å². The topological polar surface area (TPSA) is 53.9 Å². The Bertz CT molecular complexity index is 1000. The lowest BCUT2D eigenvalue weighted by atomic mass is 9.96. The number of nitrogens with zero attached hydrogens (tertiary/aromatic N) is 4. The van der Waals surface area contributed by atoms with E-state index in [1.165, 1.54) is 24.1 Å². The molecule has 1 aliphatic heterocycles. The number of rotatable bonds is 6. The molecule has 2 aromatic heterocycles. The van der Waals surface area contributed by atoms with Gasteiger partial charge in [0.2, 0.25) is 0 Å². The monoisotopic (exact) mass is 415 g/mol. The predicted octanol–water partition coefficient (Wildman–Crippen LogP) is 5.61. The summed E-state index contributed by atoms with van der Waals surface area (Å²) in [6.07, 6.45) is 6.28. The second-order valence-corrected chi connectivity index (χ2v) is 8.94. The molecule has 1 fully saturated rings. The summed E-state index contributed by atoms with van der Waals surface area (Å²) in [6, 6.07) is 12.7. The largest absolute Gasteiger partial charge is 0.370 e. The van der Waals surface area contributed by atoms with Crippen LogP contribution >= 0.6 is 0 Å². The number of benzene rings is 1. The maximum absolute atomic E-state index is 4.90. The Kier molecular flexibility index (Phi) is 6.50. The summed E-state index contributed by atoms with van der Waals surface area (Å²) < 4.78 is 0. The standard InChI is InChI=1S/C26H33N5/c1-18(2)23-7-5-6-8-24(23)26-28-15-19(3)25(30-26)29-16-21-11-13-31(14-12-21)22-10-9-20(4)27-17-22/h5-10,15,17-18,21H,11-14,16H2,1-4H3,(H,28,29,30). The quantitative estimate of drug-likeness (QED) is 0.567. The minimum atomic E-state index is 0.437. The van der Waals surface area contributed by atoms with Crippen LogP contribution in [0.3, 0.4) is 0 Å². The third kappa shape index (κ3) is 5.04. The zero-order valence-electron chi connectivity index (χ0n) is 19.1. The van der Waals surface area contributed by atoms with Gasteiger partial charge >= 0.3 is 0 Å². The van der Waals surface area contributed by atoms with Gasteiger partial charge in [-0.2, -0.15) is 0 Å². The Morgan fingerprint density at radius 1 is 1.00 bits per heavy atom. The lowest BCUT2D eigenvalue weighted by molar-refractivity contribution is 0.423. The number of aromatic nitrogens is 3. The van der Waals surface area contributed by atoms with Gasteiger partial charge in [-0.3, -0.25) is 4.98 Å². The third-order valence-electron chi connectivity index (χ3n) is 6.23. The molecule has 3 aromatic rings. The number of hydrogen-bond donors (Lipinski definition) is 1. The Morgan fingerprint density at radius 2 is 1.77 bits per heavy atom. The highest BCUT2D eigenvalue weighted by molar-refractivity contribution is 5.63. The van der Waals surface area contributed by atoms with E-state index in [0.29, 0.717) is 11.8 Å². The van der Waals surface area contributed by atoms with E-state index in [1.807, 2.05) is 19.3 Å². The van der Waals surface area contributed by atoms with Crippen LogP contribution in [-0.2, 0) is 0 Å². The summed E-state index contributed by atoms with van der Waals surface area (Å²) >= 11 is 0.